The summed E-state index contributed by atoms with van der Waals surface area (Å²) in [5, 5.41) is 3.48. The number of benzene rings is 1. The van der Waals surface area contributed by atoms with Gasteiger partial charge in [-0.3, -0.25) is 9.97 Å². The van der Waals surface area contributed by atoms with Crippen molar-refractivity contribution in [2.24, 2.45) is 0 Å². The Labute approximate surface area is 187 Å². The fourth-order valence-corrected chi connectivity index (χ4v) is 3.98. The highest BCUT2D eigenvalue weighted by Crippen LogP contribution is 2.44. The van der Waals surface area contributed by atoms with Crippen LogP contribution in [0.2, 0.25) is 0 Å². The van der Waals surface area contributed by atoms with Crippen molar-refractivity contribution >= 4 is 10.9 Å². The first kappa shape index (κ1) is 23.5. The van der Waals surface area contributed by atoms with Crippen LogP contribution in [0.5, 0.6) is 0 Å². The number of hydrogen-bond acceptors (Lipinski definition) is 3. The van der Waals surface area contributed by atoms with Gasteiger partial charge < -0.3 is 5.32 Å². The average Bonchev–Trinajstić information content (AvgIpc) is 3.58. The molecule has 1 aliphatic carbocycles. The summed E-state index contributed by atoms with van der Waals surface area (Å²) in [6, 6.07) is 6.68. The zero-order valence-corrected chi connectivity index (χ0v) is 17.9. The Morgan fingerprint density at radius 1 is 0.939 bits per heavy atom. The molecule has 1 saturated carbocycles. The minimum absolute atomic E-state index is 0.0273. The molecule has 9 heteroatoms. The van der Waals surface area contributed by atoms with Gasteiger partial charge in [-0.15, -0.1) is 0 Å². The number of aromatic nitrogens is 2. The largest absolute Gasteiger partial charge is 0.418 e. The van der Waals surface area contributed by atoms with Crippen molar-refractivity contribution in [3.05, 3.63) is 70.2 Å². The molecule has 0 unspecified atom stereocenters. The maximum atomic E-state index is 13.9. The van der Waals surface area contributed by atoms with Crippen LogP contribution in [0, 0.1) is 0 Å². The van der Waals surface area contributed by atoms with E-state index in [0.29, 0.717) is 23.1 Å². The zero-order valence-electron chi connectivity index (χ0n) is 17.9. The summed E-state index contributed by atoms with van der Waals surface area (Å²) in [5.41, 5.74) is 0.476. The van der Waals surface area contributed by atoms with Crippen LogP contribution in [-0.2, 0) is 31.9 Å². The third-order valence-corrected chi connectivity index (χ3v) is 5.70. The second-order valence-corrected chi connectivity index (χ2v) is 8.40. The molecule has 2 heterocycles. The fraction of sp³-hybridized carbons (Fsp3) is 0.417. The molecule has 1 aromatic carbocycles. The van der Waals surface area contributed by atoms with Crippen molar-refractivity contribution in [1.29, 1.82) is 0 Å². The molecular formula is C24H23F6N3. The summed E-state index contributed by atoms with van der Waals surface area (Å²) in [7, 11) is 0. The summed E-state index contributed by atoms with van der Waals surface area (Å²) in [4.78, 5) is 8.24. The Balaban J connectivity index is 1.64. The predicted octanol–water partition coefficient (Wildman–Crippen LogP) is 6.79. The standard InChI is InChI=1S/C24H23F6N3/c1-2-3-15-8-19(13-31-12-18-11-17(6-7-32-18)23(25,26)27)33-22-20(15)9-16(14-4-5-14)10-21(22)24(28,29)30/h6-11,14,31H,2-5,12-13H2,1H3. The van der Waals surface area contributed by atoms with Gasteiger partial charge in [0.2, 0.25) is 0 Å². The first-order valence-electron chi connectivity index (χ1n) is 10.8. The van der Waals surface area contributed by atoms with Crippen molar-refractivity contribution in [2.75, 3.05) is 0 Å². The van der Waals surface area contributed by atoms with Gasteiger partial charge in [0.25, 0.3) is 0 Å². The number of nitrogens with one attached hydrogen (secondary N) is 1. The monoisotopic (exact) mass is 467 g/mol. The van der Waals surface area contributed by atoms with E-state index < -0.39 is 23.5 Å². The van der Waals surface area contributed by atoms with Crippen molar-refractivity contribution in [3.8, 4) is 0 Å². The van der Waals surface area contributed by atoms with E-state index in [-0.39, 0.29) is 30.2 Å². The first-order chi connectivity index (χ1) is 15.6. The lowest BCUT2D eigenvalue weighted by atomic mass is 9.96. The number of pyridine rings is 2. The summed E-state index contributed by atoms with van der Waals surface area (Å²) < 4.78 is 80.3. The topological polar surface area (TPSA) is 37.8 Å². The van der Waals surface area contributed by atoms with Crippen LogP contribution >= 0.6 is 0 Å². The Bertz CT molecular complexity index is 1150. The third-order valence-electron chi connectivity index (χ3n) is 5.70. The average molecular weight is 467 g/mol. The zero-order chi connectivity index (χ0) is 23.8. The van der Waals surface area contributed by atoms with E-state index in [2.05, 4.69) is 15.3 Å². The highest BCUT2D eigenvalue weighted by molar-refractivity contribution is 5.87. The summed E-state index contributed by atoms with van der Waals surface area (Å²) in [5.74, 6) is 0.172. The number of rotatable bonds is 7. The van der Waals surface area contributed by atoms with Crippen LogP contribution in [0.4, 0.5) is 26.3 Å². The molecule has 0 radical (unpaired) electrons. The molecular weight excluding hydrogens is 444 g/mol. The lowest BCUT2D eigenvalue weighted by Gasteiger charge is -2.16. The van der Waals surface area contributed by atoms with Crippen LogP contribution in [-0.4, -0.2) is 9.97 Å². The van der Waals surface area contributed by atoms with Gasteiger partial charge in [-0.1, -0.05) is 13.3 Å². The van der Waals surface area contributed by atoms with Crippen LogP contribution < -0.4 is 5.32 Å². The number of aryl methyl sites for hydroxylation is 1. The quantitative estimate of drug-likeness (QED) is 0.389. The molecule has 4 rings (SSSR count). The molecule has 0 saturated heterocycles. The van der Waals surface area contributed by atoms with Gasteiger partial charge in [0.15, 0.2) is 0 Å². The van der Waals surface area contributed by atoms with E-state index in [1.807, 2.05) is 13.0 Å². The van der Waals surface area contributed by atoms with E-state index in [9.17, 15) is 26.3 Å². The third kappa shape index (κ3) is 5.46. The summed E-state index contributed by atoms with van der Waals surface area (Å²) >= 11 is 0. The van der Waals surface area contributed by atoms with E-state index in [0.717, 1.165) is 43.2 Å². The Kier molecular flexibility index (Phi) is 6.35. The molecule has 1 fully saturated rings. The number of fused-ring (bicyclic) bond motifs is 1. The molecule has 33 heavy (non-hydrogen) atoms. The second-order valence-electron chi connectivity index (χ2n) is 8.40. The molecule has 1 N–H and O–H groups in total. The maximum absolute atomic E-state index is 13.9. The smallest absolute Gasteiger partial charge is 0.306 e. The minimum atomic E-state index is -4.53. The van der Waals surface area contributed by atoms with Gasteiger partial charge in [0.1, 0.15) is 0 Å². The number of alkyl halides is 6. The lowest BCUT2D eigenvalue weighted by Crippen LogP contribution is -2.17. The van der Waals surface area contributed by atoms with E-state index in [1.54, 1.807) is 6.07 Å². The Morgan fingerprint density at radius 3 is 2.30 bits per heavy atom. The molecule has 0 amide bonds. The Morgan fingerprint density at radius 2 is 1.67 bits per heavy atom. The number of hydrogen-bond donors (Lipinski definition) is 1. The molecule has 2 aromatic heterocycles. The molecule has 0 aliphatic heterocycles. The van der Waals surface area contributed by atoms with E-state index >= 15 is 0 Å². The van der Waals surface area contributed by atoms with E-state index in [1.165, 1.54) is 6.07 Å². The SMILES string of the molecule is CCCc1cc(CNCc2cc(C(F)(F)F)ccn2)nc2c(C(F)(F)F)cc(C3CC3)cc12. The first-order valence-corrected chi connectivity index (χ1v) is 10.8. The van der Waals surface area contributed by atoms with Crippen molar-refractivity contribution in [1.82, 2.24) is 15.3 Å². The minimum Gasteiger partial charge on any atom is -0.306 e. The Hall–Kier alpha value is -2.68. The van der Waals surface area contributed by atoms with Gasteiger partial charge in [-0.25, -0.2) is 0 Å². The van der Waals surface area contributed by atoms with Crippen molar-refractivity contribution in [3.63, 3.8) is 0 Å². The fourth-order valence-electron chi connectivity index (χ4n) is 3.98. The molecule has 176 valence electrons. The number of halogens is 6. The van der Waals surface area contributed by atoms with Gasteiger partial charge >= 0.3 is 12.4 Å². The molecule has 0 atom stereocenters. The lowest BCUT2D eigenvalue weighted by molar-refractivity contribution is -0.138. The van der Waals surface area contributed by atoms with Crippen LogP contribution in [0.25, 0.3) is 10.9 Å². The van der Waals surface area contributed by atoms with Crippen LogP contribution in [0.3, 0.4) is 0 Å². The highest BCUT2D eigenvalue weighted by Gasteiger charge is 2.36. The normalized spacial score (nSPS) is 14.8. The summed E-state index contributed by atoms with van der Waals surface area (Å²) in [6.45, 7) is 2.09. The molecule has 3 aromatic rings. The second kappa shape index (κ2) is 8.93. The van der Waals surface area contributed by atoms with Gasteiger partial charge in [-0.05, 0) is 66.6 Å². The van der Waals surface area contributed by atoms with Crippen LogP contribution in [0.1, 0.15) is 65.7 Å². The predicted molar refractivity (Wildman–Crippen MR) is 112 cm³/mol. The van der Waals surface area contributed by atoms with E-state index in [4.69, 9.17) is 0 Å². The van der Waals surface area contributed by atoms with Gasteiger partial charge in [0.05, 0.1) is 28.0 Å². The summed E-state index contributed by atoms with van der Waals surface area (Å²) in [6.07, 6.45) is -4.77. The number of nitrogens with zero attached hydrogens (tertiary/aromatic N) is 2. The molecule has 0 spiro atoms. The van der Waals surface area contributed by atoms with Crippen LogP contribution in [0.15, 0.2) is 36.5 Å². The van der Waals surface area contributed by atoms with Gasteiger partial charge in [-0.2, -0.15) is 26.3 Å². The highest BCUT2D eigenvalue weighted by atomic mass is 19.4. The molecule has 1 aliphatic rings. The van der Waals surface area contributed by atoms with Crippen molar-refractivity contribution in [2.45, 2.75) is 64.0 Å². The van der Waals surface area contributed by atoms with Crippen molar-refractivity contribution < 1.29 is 26.3 Å². The molecule has 3 nitrogen and oxygen atoms in total. The maximum Gasteiger partial charge on any atom is 0.418 e. The molecule has 0 bridgehead atoms. The van der Waals surface area contributed by atoms with Gasteiger partial charge in [0, 0.05) is 24.7 Å².